The normalized spacial score (nSPS) is 13.6. The van der Waals surface area contributed by atoms with Crippen LogP contribution in [0.2, 0.25) is 0 Å². The number of sulfonamides is 1. The van der Waals surface area contributed by atoms with Crippen molar-refractivity contribution in [3.8, 4) is 0 Å². The Bertz CT molecular complexity index is 506. The minimum absolute atomic E-state index is 0.0875. The van der Waals surface area contributed by atoms with Gasteiger partial charge in [-0.3, -0.25) is 0 Å². The van der Waals surface area contributed by atoms with Crippen LogP contribution in [-0.2, 0) is 10.0 Å². The summed E-state index contributed by atoms with van der Waals surface area (Å²) < 4.78 is 28.4. The number of benzene rings is 1. The van der Waals surface area contributed by atoms with Gasteiger partial charge in [0.05, 0.1) is 4.90 Å². The minimum atomic E-state index is -3.47. The van der Waals surface area contributed by atoms with Gasteiger partial charge in [0, 0.05) is 20.7 Å². The second kappa shape index (κ2) is 7.28. The van der Waals surface area contributed by atoms with E-state index in [4.69, 9.17) is 0 Å². The number of hydrogen-bond acceptors (Lipinski definition) is 3. The summed E-state index contributed by atoms with van der Waals surface area (Å²) in [5, 5.41) is 0. The molecule has 1 aromatic rings. The van der Waals surface area contributed by atoms with Crippen LogP contribution in [0.15, 0.2) is 32.0 Å². The van der Waals surface area contributed by atoms with Crippen LogP contribution in [0, 0.1) is 0 Å². The van der Waals surface area contributed by atoms with Crippen LogP contribution in [-0.4, -0.2) is 26.0 Å². The fourth-order valence-electron chi connectivity index (χ4n) is 1.35. The van der Waals surface area contributed by atoms with Gasteiger partial charge >= 0.3 is 0 Å². The summed E-state index contributed by atoms with van der Waals surface area (Å²) in [5.74, 6) is 1.75. The predicted molar refractivity (Wildman–Crippen MR) is 84.6 cm³/mol. The second-order valence-corrected chi connectivity index (χ2v) is 8.53. The Hall–Kier alpha value is 0.440. The Labute approximate surface area is 129 Å². The van der Waals surface area contributed by atoms with E-state index in [9.17, 15) is 8.42 Å². The molecular weight excluding hydrogens is 402 g/mol. The van der Waals surface area contributed by atoms with Crippen LogP contribution in [0.4, 0.5) is 0 Å². The highest BCUT2D eigenvalue weighted by Gasteiger charge is 2.20. The monoisotopic (exact) mass is 415 g/mol. The van der Waals surface area contributed by atoms with Crippen LogP contribution in [0.1, 0.15) is 13.8 Å². The third-order valence-electron chi connectivity index (χ3n) is 2.11. The van der Waals surface area contributed by atoms with Crippen molar-refractivity contribution in [2.45, 2.75) is 24.8 Å². The Morgan fingerprint density at radius 3 is 2.61 bits per heavy atom. The molecule has 3 nitrogen and oxygen atoms in total. The van der Waals surface area contributed by atoms with Crippen molar-refractivity contribution in [2.24, 2.45) is 0 Å². The summed E-state index contributed by atoms with van der Waals surface area (Å²) in [6.07, 6.45) is 0. The molecule has 1 rings (SSSR count). The average Bonchev–Trinajstić information content (AvgIpc) is 2.25. The van der Waals surface area contributed by atoms with Gasteiger partial charge in [0.1, 0.15) is 0 Å². The lowest BCUT2D eigenvalue weighted by atomic mass is 10.4. The lowest BCUT2D eigenvalue weighted by Crippen LogP contribution is -2.34. The molecule has 0 aliphatic heterocycles. The molecule has 7 heteroatoms. The highest BCUT2D eigenvalue weighted by Crippen LogP contribution is 2.25. The quantitative estimate of drug-likeness (QED) is 0.769. The summed E-state index contributed by atoms with van der Waals surface area (Å²) in [4.78, 5) is 0.263. The SMILES string of the molecule is CCSCC(C)NS(=O)(=O)c1ccc(Br)cc1Br. The molecule has 0 saturated carbocycles. The molecule has 102 valence electrons. The smallest absolute Gasteiger partial charge is 0.207 e. The summed E-state index contributed by atoms with van der Waals surface area (Å²) in [5.41, 5.74) is 0. The molecule has 1 aromatic carbocycles. The molecule has 18 heavy (non-hydrogen) atoms. The van der Waals surface area contributed by atoms with Gasteiger partial charge < -0.3 is 0 Å². The molecular formula is C11H15Br2NO2S2. The van der Waals surface area contributed by atoms with Gasteiger partial charge in [0.15, 0.2) is 0 Å². The first-order valence-electron chi connectivity index (χ1n) is 5.42. The van der Waals surface area contributed by atoms with Gasteiger partial charge in [-0.25, -0.2) is 13.1 Å². The van der Waals surface area contributed by atoms with Gasteiger partial charge in [-0.2, -0.15) is 11.8 Å². The molecule has 0 heterocycles. The van der Waals surface area contributed by atoms with E-state index in [0.717, 1.165) is 16.0 Å². The van der Waals surface area contributed by atoms with Crippen LogP contribution < -0.4 is 4.72 Å². The summed E-state index contributed by atoms with van der Waals surface area (Å²) in [6, 6.07) is 4.93. The van der Waals surface area contributed by atoms with Crippen LogP contribution >= 0.6 is 43.6 Å². The summed E-state index contributed by atoms with van der Waals surface area (Å²) in [7, 11) is -3.47. The van der Waals surface area contributed by atoms with Gasteiger partial charge in [0.25, 0.3) is 0 Å². The maximum Gasteiger partial charge on any atom is 0.241 e. The third kappa shape index (κ3) is 4.85. The van der Waals surface area contributed by atoms with Crippen LogP contribution in [0.3, 0.4) is 0 Å². The minimum Gasteiger partial charge on any atom is -0.207 e. The van der Waals surface area contributed by atoms with Crippen molar-refractivity contribution in [1.82, 2.24) is 4.72 Å². The Kier molecular flexibility index (Phi) is 6.67. The van der Waals surface area contributed by atoms with Crippen molar-refractivity contribution in [1.29, 1.82) is 0 Å². The Morgan fingerprint density at radius 2 is 2.06 bits per heavy atom. The standard InChI is InChI=1S/C11H15Br2NO2S2/c1-3-17-7-8(2)14-18(15,16)11-5-4-9(12)6-10(11)13/h4-6,8,14H,3,7H2,1-2H3. The van der Waals surface area contributed by atoms with Crippen LogP contribution in [0.25, 0.3) is 0 Å². The number of halogens is 2. The highest BCUT2D eigenvalue weighted by molar-refractivity contribution is 9.11. The topological polar surface area (TPSA) is 46.2 Å². The highest BCUT2D eigenvalue weighted by atomic mass is 79.9. The third-order valence-corrected chi connectivity index (χ3v) is 6.32. The predicted octanol–water partition coefficient (Wildman–Crippen LogP) is 3.63. The molecule has 1 atom stereocenters. The van der Waals surface area contributed by atoms with E-state index < -0.39 is 10.0 Å². The number of hydrogen-bond donors (Lipinski definition) is 1. The van der Waals surface area contributed by atoms with Gasteiger partial charge in [-0.05, 0) is 46.8 Å². The van der Waals surface area contributed by atoms with Crippen molar-refractivity contribution in [3.05, 3.63) is 27.1 Å². The van der Waals surface area contributed by atoms with Crippen molar-refractivity contribution in [2.75, 3.05) is 11.5 Å². The molecule has 1 unspecified atom stereocenters. The van der Waals surface area contributed by atoms with E-state index in [1.54, 1.807) is 30.0 Å². The molecule has 0 aliphatic carbocycles. The molecule has 0 aromatic heterocycles. The van der Waals surface area contributed by atoms with E-state index in [-0.39, 0.29) is 10.9 Å². The molecule has 0 bridgehead atoms. The van der Waals surface area contributed by atoms with Crippen molar-refractivity contribution >= 4 is 53.6 Å². The van der Waals surface area contributed by atoms with E-state index in [1.165, 1.54) is 0 Å². The van der Waals surface area contributed by atoms with E-state index in [1.807, 2.05) is 6.92 Å². The largest absolute Gasteiger partial charge is 0.241 e. The zero-order chi connectivity index (χ0) is 13.8. The summed E-state index contributed by atoms with van der Waals surface area (Å²) in [6.45, 7) is 3.92. The first-order valence-corrected chi connectivity index (χ1v) is 9.64. The maximum atomic E-state index is 12.2. The van der Waals surface area contributed by atoms with Crippen LogP contribution in [0.5, 0.6) is 0 Å². The summed E-state index contributed by atoms with van der Waals surface area (Å²) >= 11 is 8.28. The molecule has 0 radical (unpaired) electrons. The molecule has 0 saturated heterocycles. The fourth-order valence-corrected chi connectivity index (χ4v) is 5.12. The van der Waals surface area contributed by atoms with Gasteiger partial charge in [-0.1, -0.05) is 22.9 Å². The molecule has 0 fully saturated rings. The van der Waals surface area contributed by atoms with E-state index >= 15 is 0 Å². The fraction of sp³-hybridized carbons (Fsp3) is 0.455. The second-order valence-electron chi connectivity index (χ2n) is 3.76. The molecule has 0 amide bonds. The molecule has 1 N–H and O–H groups in total. The lowest BCUT2D eigenvalue weighted by Gasteiger charge is -2.14. The van der Waals surface area contributed by atoms with Crippen molar-refractivity contribution in [3.63, 3.8) is 0 Å². The average molecular weight is 417 g/mol. The molecule has 0 aliphatic rings. The Morgan fingerprint density at radius 1 is 1.39 bits per heavy atom. The number of rotatable bonds is 6. The lowest BCUT2D eigenvalue weighted by molar-refractivity contribution is 0.570. The first kappa shape index (κ1) is 16.5. The Balaban J connectivity index is 2.86. The van der Waals surface area contributed by atoms with E-state index in [2.05, 4.69) is 43.5 Å². The zero-order valence-electron chi connectivity index (χ0n) is 10.1. The number of nitrogens with one attached hydrogen (secondary N) is 1. The van der Waals surface area contributed by atoms with Gasteiger partial charge in [0.2, 0.25) is 10.0 Å². The van der Waals surface area contributed by atoms with Gasteiger partial charge in [-0.15, -0.1) is 0 Å². The zero-order valence-corrected chi connectivity index (χ0v) is 14.9. The maximum absolute atomic E-state index is 12.2. The number of thioether (sulfide) groups is 1. The molecule has 0 spiro atoms. The first-order chi connectivity index (χ1) is 8.36. The van der Waals surface area contributed by atoms with Crippen molar-refractivity contribution < 1.29 is 8.42 Å². The van der Waals surface area contributed by atoms with E-state index in [0.29, 0.717) is 4.47 Å².